The fraction of sp³-hybridized carbons (Fsp3) is 0.286. The Kier molecular flexibility index (Phi) is 6.06. The molecule has 1 amide bonds. The van der Waals surface area contributed by atoms with Crippen LogP contribution in [0.3, 0.4) is 0 Å². The zero-order chi connectivity index (χ0) is 21.3. The Balaban J connectivity index is 1.68. The first-order valence-corrected chi connectivity index (χ1v) is 11.9. The summed E-state index contributed by atoms with van der Waals surface area (Å²) in [6, 6.07) is 11.9. The van der Waals surface area contributed by atoms with Gasteiger partial charge in [-0.15, -0.1) is 0 Å². The Labute approximate surface area is 184 Å². The summed E-state index contributed by atoms with van der Waals surface area (Å²) in [5.41, 5.74) is 1.17. The van der Waals surface area contributed by atoms with E-state index >= 15 is 0 Å². The number of hydrogen-bond donors (Lipinski definition) is 0. The van der Waals surface area contributed by atoms with Gasteiger partial charge in [0.2, 0.25) is 5.91 Å². The third kappa shape index (κ3) is 4.34. The summed E-state index contributed by atoms with van der Waals surface area (Å²) in [4.78, 5) is 14.6. The van der Waals surface area contributed by atoms with Gasteiger partial charge in [-0.1, -0.05) is 47.5 Å². The molecule has 0 saturated carbocycles. The van der Waals surface area contributed by atoms with Gasteiger partial charge in [0.05, 0.1) is 23.9 Å². The van der Waals surface area contributed by atoms with E-state index in [2.05, 4.69) is 0 Å². The third-order valence-electron chi connectivity index (χ3n) is 5.12. The highest BCUT2D eigenvalue weighted by Crippen LogP contribution is 2.30. The molecule has 158 valence electrons. The molecule has 0 bridgehead atoms. The van der Waals surface area contributed by atoms with E-state index in [9.17, 15) is 13.2 Å². The standard InChI is InChI=1S/C21H20Cl2N2O4S/c22-16-6-5-15(18(23)11-16)14-30(27,28)20-12-25(19-4-2-1-3-17(19)20)13-21(26)24-7-9-29-10-8-24/h1-6,11-12H,7-10,13-14H2. The molecule has 0 radical (unpaired) electrons. The minimum atomic E-state index is -3.71. The van der Waals surface area contributed by atoms with Crippen molar-refractivity contribution in [3.05, 3.63) is 64.3 Å². The molecule has 1 aliphatic heterocycles. The van der Waals surface area contributed by atoms with Crippen LogP contribution < -0.4 is 0 Å². The van der Waals surface area contributed by atoms with Crippen LogP contribution in [-0.2, 0) is 31.7 Å². The summed E-state index contributed by atoms with van der Waals surface area (Å²) in [6.45, 7) is 2.17. The van der Waals surface area contributed by atoms with Crippen molar-refractivity contribution in [2.45, 2.75) is 17.2 Å². The lowest BCUT2D eigenvalue weighted by Gasteiger charge is -2.27. The Hall–Kier alpha value is -2.06. The number of ether oxygens (including phenoxy) is 1. The maximum Gasteiger partial charge on any atom is 0.242 e. The molecule has 1 aromatic heterocycles. The minimum Gasteiger partial charge on any atom is -0.378 e. The predicted molar refractivity (Wildman–Crippen MR) is 117 cm³/mol. The Morgan fingerprint density at radius 1 is 1.07 bits per heavy atom. The molecule has 1 aliphatic rings. The van der Waals surface area contributed by atoms with Crippen molar-refractivity contribution in [3.63, 3.8) is 0 Å². The van der Waals surface area contributed by atoms with Crippen molar-refractivity contribution < 1.29 is 17.9 Å². The summed E-state index contributed by atoms with van der Waals surface area (Å²) in [7, 11) is -3.71. The van der Waals surface area contributed by atoms with Crippen molar-refractivity contribution in [3.8, 4) is 0 Å². The van der Waals surface area contributed by atoms with E-state index < -0.39 is 9.84 Å². The van der Waals surface area contributed by atoms with Crippen LogP contribution in [0.15, 0.2) is 53.6 Å². The number of rotatable bonds is 5. The second kappa shape index (κ2) is 8.59. The van der Waals surface area contributed by atoms with Crippen molar-refractivity contribution >= 4 is 49.8 Å². The van der Waals surface area contributed by atoms with Crippen LogP contribution in [0.4, 0.5) is 0 Å². The molecule has 0 atom stereocenters. The zero-order valence-electron chi connectivity index (χ0n) is 16.1. The van der Waals surface area contributed by atoms with Gasteiger partial charge in [-0.2, -0.15) is 0 Å². The van der Waals surface area contributed by atoms with Crippen molar-refractivity contribution in [1.29, 1.82) is 0 Å². The number of carbonyl (C=O) groups is 1. The number of halogens is 2. The smallest absolute Gasteiger partial charge is 0.242 e. The van der Waals surface area contributed by atoms with Crippen LogP contribution in [-0.4, -0.2) is 50.1 Å². The summed E-state index contributed by atoms with van der Waals surface area (Å²) in [5, 5.41) is 1.33. The highest BCUT2D eigenvalue weighted by atomic mass is 35.5. The molecule has 0 spiro atoms. The van der Waals surface area contributed by atoms with E-state index in [0.29, 0.717) is 52.8 Å². The Morgan fingerprint density at radius 3 is 2.53 bits per heavy atom. The van der Waals surface area contributed by atoms with Crippen LogP contribution in [0, 0.1) is 0 Å². The molecule has 0 N–H and O–H groups in total. The van der Waals surface area contributed by atoms with Gasteiger partial charge >= 0.3 is 0 Å². The van der Waals surface area contributed by atoms with Gasteiger partial charge in [-0.3, -0.25) is 4.79 Å². The first kappa shape index (κ1) is 21.2. The van der Waals surface area contributed by atoms with E-state index in [1.165, 1.54) is 6.07 Å². The lowest BCUT2D eigenvalue weighted by Crippen LogP contribution is -2.42. The second-order valence-electron chi connectivity index (χ2n) is 7.13. The number of para-hydroxylation sites is 1. The molecular formula is C21H20Cl2N2O4S. The van der Waals surface area contributed by atoms with E-state index in [1.807, 2.05) is 12.1 Å². The molecule has 1 saturated heterocycles. The first-order valence-electron chi connectivity index (χ1n) is 9.45. The van der Waals surface area contributed by atoms with Gasteiger partial charge in [0.15, 0.2) is 9.84 Å². The molecule has 4 rings (SSSR count). The number of hydrogen-bond acceptors (Lipinski definition) is 4. The molecule has 0 aliphatic carbocycles. The summed E-state index contributed by atoms with van der Waals surface area (Å²) in [5.74, 6) is -0.322. The second-order valence-corrected chi connectivity index (χ2v) is 9.93. The van der Waals surface area contributed by atoms with Gasteiger partial charge in [0.25, 0.3) is 0 Å². The first-order chi connectivity index (χ1) is 14.3. The molecular weight excluding hydrogens is 447 g/mol. The molecule has 1 fully saturated rings. The monoisotopic (exact) mass is 466 g/mol. The number of nitrogens with zero attached hydrogens (tertiary/aromatic N) is 2. The van der Waals surface area contributed by atoms with Gasteiger partial charge in [-0.25, -0.2) is 8.42 Å². The quantitative estimate of drug-likeness (QED) is 0.573. The van der Waals surface area contributed by atoms with Crippen LogP contribution >= 0.6 is 23.2 Å². The molecule has 2 heterocycles. The largest absolute Gasteiger partial charge is 0.378 e. The number of benzene rings is 2. The lowest BCUT2D eigenvalue weighted by molar-refractivity contribution is -0.135. The van der Waals surface area contributed by atoms with Crippen LogP contribution in [0.2, 0.25) is 10.0 Å². The number of fused-ring (bicyclic) bond motifs is 1. The molecule has 0 unspecified atom stereocenters. The van der Waals surface area contributed by atoms with Gasteiger partial charge in [-0.05, 0) is 23.8 Å². The minimum absolute atomic E-state index is 0.0660. The lowest BCUT2D eigenvalue weighted by atomic mass is 10.2. The number of morpholine rings is 1. The average Bonchev–Trinajstić information content (AvgIpc) is 3.10. The highest BCUT2D eigenvalue weighted by Gasteiger charge is 2.24. The van der Waals surface area contributed by atoms with Gasteiger partial charge in [0.1, 0.15) is 6.54 Å². The van der Waals surface area contributed by atoms with Crippen molar-refractivity contribution in [2.75, 3.05) is 26.3 Å². The number of carbonyl (C=O) groups excluding carboxylic acids is 1. The Morgan fingerprint density at radius 2 is 1.80 bits per heavy atom. The summed E-state index contributed by atoms with van der Waals surface area (Å²) < 4.78 is 33.5. The fourth-order valence-corrected chi connectivity index (χ4v) is 5.74. The summed E-state index contributed by atoms with van der Waals surface area (Å²) >= 11 is 12.1. The number of aromatic nitrogens is 1. The molecule has 2 aromatic carbocycles. The van der Waals surface area contributed by atoms with Crippen LogP contribution in [0.5, 0.6) is 0 Å². The number of amides is 1. The highest BCUT2D eigenvalue weighted by molar-refractivity contribution is 7.90. The van der Waals surface area contributed by atoms with E-state index in [1.54, 1.807) is 39.9 Å². The van der Waals surface area contributed by atoms with Crippen LogP contribution in [0.1, 0.15) is 5.56 Å². The van der Waals surface area contributed by atoms with Gasteiger partial charge < -0.3 is 14.2 Å². The SMILES string of the molecule is O=C(Cn1cc(S(=O)(=O)Cc2ccc(Cl)cc2Cl)c2ccccc21)N1CCOCC1. The van der Waals surface area contributed by atoms with Gasteiger partial charge in [0, 0.05) is 40.2 Å². The number of sulfone groups is 1. The molecule has 6 nitrogen and oxygen atoms in total. The molecule has 30 heavy (non-hydrogen) atoms. The Bertz CT molecular complexity index is 1200. The van der Waals surface area contributed by atoms with Crippen LogP contribution in [0.25, 0.3) is 10.9 Å². The average molecular weight is 467 g/mol. The summed E-state index contributed by atoms with van der Waals surface area (Å²) in [6.07, 6.45) is 1.54. The maximum atomic E-state index is 13.2. The topological polar surface area (TPSA) is 68.6 Å². The van der Waals surface area contributed by atoms with Crippen molar-refractivity contribution in [1.82, 2.24) is 9.47 Å². The molecule has 3 aromatic rings. The van der Waals surface area contributed by atoms with E-state index in [4.69, 9.17) is 27.9 Å². The fourth-order valence-electron chi connectivity index (χ4n) is 3.57. The normalized spacial score (nSPS) is 14.9. The molecule has 9 heteroatoms. The maximum absolute atomic E-state index is 13.2. The van der Waals surface area contributed by atoms with Crippen molar-refractivity contribution in [2.24, 2.45) is 0 Å². The van der Waals surface area contributed by atoms with E-state index in [0.717, 1.165) is 0 Å². The zero-order valence-corrected chi connectivity index (χ0v) is 18.4. The van der Waals surface area contributed by atoms with E-state index in [-0.39, 0.29) is 23.1 Å². The third-order valence-corrected chi connectivity index (χ3v) is 7.39. The predicted octanol–water partition coefficient (Wildman–Crippen LogP) is 3.78.